The van der Waals surface area contributed by atoms with Crippen LogP contribution in [0.15, 0.2) is 30.3 Å². The highest BCUT2D eigenvalue weighted by molar-refractivity contribution is 5.24. The number of ether oxygens (including phenoxy) is 1. The molecule has 0 bridgehead atoms. The normalized spacial score (nSPS) is 11.0. The van der Waals surface area contributed by atoms with Gasteiger partial charge in [-0.1, -0.05) is 37.3 Å². The minimum absolute atomic E-state index is 0.495. The molecule has 2 rings (SSSR count). The van der Waals surface area contributed by atoms with Crippen molar-refractivity contribution in [3.63, 3.8) is 0 Å². The molecule has 0 unspecified atom stereocenters. The molecule has 1 heterocycles. The number of nitrogens with zero attached hydrogens (tertiary/aromatic N) is 2. The fourth-order valence-electron chi connectivity index (χ4n) is 2.33. The van der Waals surface area contributed by atoms with Crippen LogP contribution in [0.3, 0.4) is 0 Å². The summed E-state index contributed by atoms with van der Waals surface area (Å²) in [5.74, 6) is 0. The highest BCUT2D eigenvalue weighted by atomic mass is 16.5. The number of aryl methyl sites for hydroxylation is 1. The van der Waals surface area contributed by atoms with Crippen LogP contribution in [0.5, 0.6) is 0 Å². The first-order valence-corrected chi connectivity index (χ1v) is 7.57. The van der Waals surface area contributed by atoms with E-state index in [2.05, 4.69) is 43.3 Å². The SMILES string of the molecule is CCCNCc1c(C)nn(COCc2ccccc2)c1C. The molecule has 1 aromatic heterocycles. The Labute approximate surface area is 127 Å². The Bertz CT molecular complexity index is 549. The second kappa shape index (κ2) is 7.96. The topological polar surface area (TPSA) is 39.1 Å². The van der Waals surface area contributed by atoms with Gasteiger partial charge in [0.15, 0.2) is 0 Å². The molecule has 0 aliphatic rings. The first-order valence-electron chi connectivity index (χ1n) is 7.57. The third-order valence-electron chi connectivity index (χ3n) is 3.59. The molecule has 0 saturated heterocycles. The molecular formula is C17H25N3O. The van der Waals surface area contributed by atoms with Crippen molar-refractivity contribution in [2.24, 2.45) is 0 Å². The van der Waals surface area contributed by atoms with E-state index >= 15 is 0 Å². The van der Waals surface area contributed by atoms with Gasteiger partial charge in [0.1, 0.15) is 6.73 Å². The number of rotatable bonds is 8. The number of hydrogen-bond donors (Lipinski definition) is 1. The summed E-state index contributed by atoms with van der Waals surface area (Å²) >= 11 is 0. The molecule has 0 saturated carbocycles. The molecule has 114 valence electrons. The predicted molar refractivity (Wildman–Crippen MR) is 84.9 cm³/mol. The predicted octanol–water partition coefficient (Wildman–Crippen LogP) is 3.17. The number of aromatic nitrogens is 2. The summed E-state index contributed by atoms with van der Waals surface area (Å²) in [4.78, 5) is 0. The highest BCUT2D eigenvalue weighted by Gasteiger charge is 2.10. The van der Waals surface area contributed by atoms with E-state index in [0.29, 0.717) is 13.3 Å². The zero-order valence-corrected chi connectivity index (χ0v) is 13.2. The van der Waals surface area contributed by atoms with E-state index in [1.807, 2.05) is 22.9 Å². The third kappa shape index (κ3) is 4.41. The molecule has 0 spiro atoms. The van der Waals surface area contributed by atoms with Gasteiger partial charge < -0.3 is 10.1 Å². The largest absolute Gasteiger partial charge is 0.355 e. The lowest BCUT2D eigenvalue weighted by Crippen LogP contribution is -2.15. The molecule has 0 atom stereocenters. The fraction of sp³-hybridized carbons (Fsp3) is 0.471. The maximum absolute atomic E-state index is 5.76. The van der Waals surface area contributed by atoms with Crippen molar-refractivity contribution in [2.75, 3.05) is 6.54 Å². The molecule has 2 aromatic rings. The summed E-state index contributed by atoms with van der Waals surface area (Å²) < 4.78 is 7.71. The van der Waals surface area contributed by atoms with Crippen molar-refractivity contribution in [1.29, 1.82) is 0 Å². The van der Waals surface area contributed by atoms with Crippen LogP contribution >= 0.6 is 0 Å². The van der Waals surface area contributed by atoms with Crippen LogP contribution in [-0.2, 0) is 24.6 Å². The van der Waals surface area contributed by atoms with E-state index in [1.54, 1.807) is 0 Å². The second-order valence-electron chi connectivity index (χ2n) is 5.29. The molecule has 0 fully saturated rings. The zero-order chi connectivity index (χ0) is 15.1. The minimum Gasteiger partial charge on any atom is -0.355 e. The van der Waals surface area contributed by atoms with Crippen LogP contribution in [0.4, 0.5) is 0 Å². The number of hydrogen-bond acceptors (Lipinski definition) is 3. The zero-order valence-electron chi connectivity index (χ0n) is 13.2. The molecule has 1 N–H and O–H groups in total. The van der Waals surface area contributed by atoms with Gasteiger partial charge in [0.05, 0.1) is 12.3 Å². The van der Waals surface area contributed by atoms with E-state index < -0.39 is 0 Å². The summed E-state index contributed by atoms with van der Waals surface area (Å²) in [7, 11) is 0. The summed E-state index contributed by atoms with van der Waals surface area (Å²) in [6.07, 6.45) is 1.15. The molecule has 4 nitrogen and oxygen atoms in total. The average Bonchev–Trinajstić information content (AvgIpc) is 2.76. The Kier molecular flexibility index (Phi) is 5.96. The van der Waals surface area contributed by atoms with Crippen LogP contribution in [0.1, 0.15) is 35.9 Å². The van der Waals surface area contributed by atoms with E-state index in [-0.39, 0.29) is 0 Å². The van der Waals surface area contributed by atoms with Crippen molar-refractivity contribution in [1.82, 2.24) is 15.1 Å². The Balaban J connectivity index is 1.90. The second-order valence-corrected chi connectivity index (χ2v) is 5.29. The van der Waals surface area contributed by atoms with E-state index in [9.17, 15) is 0 Å². The van der Waals surface area contributed by atoms with Gasteiger partial charge in [0, 0.05) is 17.8 Å². The molecular weight excluding hydrogens is 262 g/mol. The molecule has 1 aromatic carbocycles. The smallest absolute Gasteiger partial charge is 0.140 e. The Morgan fingerprint density at radius 2 is 1.95 bits per heavy atom. The maximum atomic E-state index is 5.76. The van der Waals surface area contributed by atoms with E-state index in [1.165, 1.54) is 16.8 Å². The third-order valence-corrected chi connectivity index (χ3v) is 3.59. The molecule has 0 radical (unpaired) electrons. The van der Waals surface area contributed by atoms with Gasteiger partial charge >= 0.3 is 0 Å². The van der Waals surface area contributed by atoms with Gasteiger partial charge in [-0.25, -0.2) is 4.68 Å². The lowest BCUT2D eigenvalue weighted by atomic mass is 10.2. The van der Waals surface area contributed by atoms with Crippen LogP contribution in [0.25, 0.3) is 0 Å². The van der Waals surface area contributed by atoms with Gasteiger partial charge in [-0.2, -0.15) is 5.10 Å². The van der Waals surface area contributed by atoms with Crippen molar-refractivity contribution >= 4 is 0 Å². The van der Waals surface area contributed by atoms with Crippen molar-refractivity contribution < 1.29 is 4.74 Å². The van der Waals surface area contributed by atoms with Crippen LogP contribution < -0.4 is 5.32 Å². The van der Waals surface area contributed by atoms with Crippen LogP contribution in [-0.4, -0.2) is 16.3 Å². The van der Waals surface area contributed by atoms with Gasteiger partial charge in [-0.15, -0.1) is 0 Å². The van der Waals surface area contributed by atoms with Crippen LogP contribution in [0, 0.1) is 13.8 Å². The molecule has 4 heteroatoms. The summed E-state index contributed by atoms with van der Waals surface area (Å²) in [6, 6.07) is 10.2. The fourth-order valence-corrected chi connectivity index (χ4v) is 2.33. The summed E-state index contributed by atoms with van der Waals surface area (Å²) in [5, 5.41) is 8.01. The Morgan fingerprint density at radius 1 is 1.19 bits per heavy atom. The van der Waals surface area contributed by atoms with Gasteiger partial charge in [-0.05, 0) is 32.4 Å². The monoisotopic (exact) mass is 287 g/mol. The van der Waals surface area contributed by atoms with E-state index in [4.69, 9.17) is 4.74 Å². The van der Waals surface area contributed by atoms with Crippen molar-refractivity contribution in [3.8, 4) is 0 Å². The number of nitrogens with one attached hydrogen (secondary N) is 1. The first kappa shape index (κ1) is 15.7. The molecule has 21 heavy (non-hydrogen) atoms. The quantitative estimate of drug-likeness (QED) is 0.758. The average molecular weight is 287 g/mol. The van der Waals surface area contributed by atoms with Gasteiger partial charge in [0.2, 0.25) is 0 Å². The van der Waals surface area contributed by atoms with Gasteiger partial charge in [-0.3, -0.25) is 0 Å². The standard InChI is InChI=1S/C17H25N3O/c1-4-10-18-11-17-14(2)19-20(15(17)3)13-21-12-16-8-6-5-7-9-16/h5-9,18H,4,10-13H2,1-3H3. The van der Waals surface area contributed by atoms with Crippen LogP contribution in [0.2, 0.25) is 0 Å². The Morgan fingerprint density at radius 3 is 2.67 bits per heavy atom. The lowest BCUT2D eigenvalue weighted by molar-refractivity contribution is 0.0546. The van der Waals surface area contributed by atoms with Gasteiger partial charge in [0.25, 0.3) is 0 Å². The molecule has 0 aliphatic carbocycles. The Hall–Kier alpha value is -1.65. The molecule has 0 aliphatic heterocycles. The number of benzene rings is 1. The minimum atomic E-state index is 0.495. The lowest BCUT2D eigenvalue weighted by Gasteiger charge is -2.07. The van der Waals surface area contributed by atoms with Crippen molar-refractivity contribution in [3.05, 3.63) is 52.8 Å². The van der Waals surface area contributed by atoms with E-state index in [0.717, 1.165) is 25.2 Å². The summed E-state index contributed by atoms with van der Waals surface area (Å²) in [6.45, 7) is 9.36. The van der Waals surface area contributed by atoms with Crippen molar-refractivity contribution in [2.45, 2.75) is 47.1 Å². The maximum Gasteiger partial charge on any atom is 0.140 e. The highest BCUT2D eigenvalue weighted by Crippen LogP contribution is 2.13. The molecule has 0 amide bonds. The summed E-state index contributed by atoms with van der Waals surface area (Å²) in [5.41, 5.74) is 4.74. The first-order chi connectivity index (χ1) is 10.2.